The van der Waals surface area contributed by atoms with Gasteiger partial charge in [0.15, 0.2) is 0 Å². The number of piperazine rings is 1. The second-order valence-corrected chi connectivity index (χ2v) is 7.89. The molecular weight excluding hydrogens is 427 g/mol. The molecule has 0 spiro atoms. The molecule has 0 aliphatic carbocycles. The summed E-state index contributed by atoms with van der Waals surface area (Å²) in [6.45, 7) is 4.74. The first-order valence-electron chi connectivity index (χ1n) is 9.59. The summed E-state index contributed by atoms with van der Waals surface area (Å²) in [6.07, 6.45) is 3.16. The number of amides is 1. The van der Waals surface area contributed by atoms with Crippen molar-refractivity contribution < 1.29 is 13.9 Å². The first kappa shape index (κ1) is 20.6. The lowest BCUT2D eigenvalue weighted by Gasteiger charge is -2.36. The molecule has 158 valence electrons. The summed E-state index contributed by atoms with van der Waals surface area (Å²) in [5.74, 6) is 0.663. The minimum atomic E-state index is 0.0179. The normalized spacial score (nSPS) is 14.3. The molecule has 1 aromatic carbocycles. The van der Waals surface area contributed by atoms with E-state index in [1.54, 1.807) is 30.4 Å². The van der Waals surface area contributed by atoms with E-state index in [-0.39, 0.29) is 12.5 Å². The molecule has 9 heteroatoms. The third-order valence-corrected chi connectivity index (χ3v) is 6.11. The van der Waals surface area contributed by atoms with E-state index >= 15 is 0 Å². The van der Waals surface area contributed by atoms with Gasteiger partial charge in [0.2, 0.25) is 5.91 Å². The van der Waals surface area contributed by atoms with E-state index in [0.717, 1.165) is 30.0 Å². The van der Waals surface area contributed by atoms with Crippen molar-refractivity contribution in [3.8, 4) is 17.0 Å². The first-order valence-corrected chi connectivity index (χ1v) is 10.3. The van der Waals surface area contributed by atoms with Gasteiger partial charge in [0, 0.05) is 43.5 Å². The topological polar surface area (TPSA) is 63.7 Å². The molecule has 1 fully saturated rings. The summed E-state index contributed by atoms with van der Waals surface area (Å²) in [4.78, 5) is 16.9. The van der Waals surface area contributed by atoms with Crippen LogP contribution in [0.1, 0.15) is 5.69 Å². The predicted molar refractivity (Wildman–Crippen MR) is 116 cm³/mol. The Morgan fingerprint density at radius 3 is 2.63 bits per heavy atom. The van der Waals surface area contributed by atoms with Crippen LogP contribution >= 0.6 is 23.2 Å². The van der Waals surface area contributed by atoms with Crippen LogP contribution in [-0.2, 0) is 11.3 Å². The third kappa shape index (κ3) is 4.00. The van der Waals surface area contributed by atoms with Gasteiger partial charge in [-0.3, -0.25) is 9.48 Å². The summed E-state index contributed by atoms with van der Waals surface area (Å²) >= 11 is 12.5. The first-order chi connectivity index (χ1) is 14.5. The second kappa shape index (κ2) is 8.62. The van der Waals surface area contributed by atoms with Crippen LogP contribution in [0.25, 0.3) is 11.3 Å². The number of nitrogens with zero attached hydrogens (tertiary/aromatic N) is 4. The van der Waals surface area contributed by atoms with Gasteiger partial charge in [0.1, 0.15) is 18.0 Å². The quantitative estimate of drug-likeness (QED) is 0.587. The standard InChI is InChI=1S/C21H22Cl2N4O3/c1-14-20(23)21(15-5-10-30-13-15)24-27(14)12-19(28)26-8-6-25(7-9-26)16-3-4-17(22)18(11-16)29-2/h3-5,10-11,13H,6-9,12H2,1-2H3. The summed E-state index contributed by atoms with van der Waals surface area (Å²) < 4.78 is 12.1. The second-order valence-electron chi connectivity index (χ2n) is 7.10. The van der Waals surface area contributed by atoms with E-state index < -0.39 is 0 Å². The Kier molecular flexibility index (Phi) is 5.92. The van der Waals surface area contributed by atoms with Crippen molar-refractivity contribution in [3.63, 3.8) is 0 Å². The minimum absolute atomic E-state index is 0.0179. The van der Waals surface area contributed by atoms with Crippen LogP contribution in [0.3, 0.4) is 0 Å². The number of ether oxygens (including phenoxy) is 1. The van der Waals surface area contributed by atoms with E-state index in [0.29, 0.717) is 34.6 Å². The Bertz CT molecular complexity index is 1040. The number of rotatable bonds is 5. The monoisotopic (exact) mass is 448 g/mol. The minimum Gasteiger partial charge on any atom is -0.495 e. The molecule has 1 aliphatic rings. The molecule has 1 saturated heterocycles. The van der Waals surface area contributed by atoms with Gasteiger partial charge in [0.05, 0.1) is 35.4 Å². The molecule has 0 saturated carbocycles. The van der Waals surface area contributed by atoms with Crippen molar-refractivity contribution in [2.75, 3.05) is 38.2 Å². The number of hydrogen-bond acceptors (Lipinski definition) is 5. The van der Waals surface area contributed by atoms with E-state index in [1.165, 1.54) is 0 Å². The van der Waals surface area contributed by atoms with Gasteiger partial charge in [0.25, 0.3) is 0 Å². The molecule has 0 unspecified atom stereocenters. The summed E-state index contributed by atoms with van der Waals surface area (Å²) in [5.41, 5.74) is 3.20. The Labute approximate surface area is 184 Å². The molecule has 4 rings (SSSR count). The van der Waals surface area contributed by atoms with Crippen molar-refractivity contribution in [2.24, 2.45) is 0 Å². The predicted octanol–water partition coefficient (Wildman–Crippen LogP) is 4.12. The average molecular weight is 449 g/mol. The fourth-order valence-corrected chi connectivity index (χ4v) is 3.99. The number of carbonyl (C=O) groups excluding carboxylic acids is 1. The summed E-state index contributed by atoms with van der Waals surface area (Å²) in [6, 6.07) is 7.51. The van der Waals surface area contributed by atoms with Gasteiger partial charge in [-0.25, -0.2) is 0 Å². The number of methoxy groups -OCH3 is 1. The van der Waals surface area contributed by atoms with Crippen molar-refractivity contribution in [2.45, 2.75) is 13.5 Å². The molecule has 3 aromatic rings. The smallest absolute Gasteiger partial charge is 0.244 e. The van der Waals surface area contributed by atoms with E-state index in [1.807, 2.05) is 30.0 Å². The van der Waals surface area contributed by atoms with Gasteiger partial charge in [-0.1, -0.05) is 23.2 Å². The number of carbonyl (C=O) groups is 1. The van der Waals surface area contributed by atoms with Crippen LogP contribution in [0, 0.1) is 6.92 Å². The van der Waals surface area contributed by atoms with Crippen LogP contribution in [0.4, 0.5) is 5.69 Å². The molecule has 2 aromatic heterocycles. The largest absolute Gasteiger partial charge is 0.495 e. The maximum atomic E-state index is 12.9. The van der Waals surface area contributed by atoms with Crippen molar-refractivity contribution in [1.82, 2.24) is 14.7 Å². The number of anilines is 1. The maximum absolute atomic E-state index is 12.9. The fraction of sp³-hybridized carbons (Fsp3) is 0.333. The van der Waals surface area contributed by atoms with Gasteiger partial charge < -0.3 is 19.0 Å². The molecule has 1 aliphatic heterocycles. The summed E-state index contributed by atoms with van der Waals surface area (Å²) in [7, 11) is 1.60. The van der Waals surface area contributed by atoms with Crippen LogP contribution < -0.4 is 9.64 Å². The Morgan fingerprint density at radius 2 is 1.97 bits per heavy atom. The van der Waals surface area contributed by atoms with E-state index in [2.05, 4.69) is 10.00 Å². The molecule has 30 heavy (non-hydrogen) atoms. The highest BCUT2D eigenvalue weighted by atomic mass is 35.5. The Hall–Kier alpha value is -2.64. The SMILES string of the molecule is COc1cc(N2CCN(C(=O)Cn3nc(-c4ccoc4)c(Cl)c3C)CC2)ccc1Cl. The molecule has 0 atom stereocenters. The van der Waals surface area contributed by atoms with Crippen LogP contribution in [-0.4, -0.2) is 53.9 Å². The lowest BCUT2D eigenvalue weighted by atomic mass is 10.2. The molecule has 0 radical (unpaired) electrons. The number of halogens is 2. The summed E-state index contributed by atoms with van der Waals surface area (Å²) in [5, 5.41) is 5.63. The molecule has 1 amide bonds. The molecule has 0 N–H and O–H groups in total. The number of hydrogen-bond donors (Lipinski definition) is 0. The lowest BCUT2D eigenvalue weighted by Crippen LogP contribution is -2.49. The molecule has 0 bridgehead atoms. The van der Waals surface area contributed by atoms with E-state index in [9.17, 15) is 4.79 Å². The Morgan fingerprint density at radius 1 is 1.20 bits per heavy atom. The van der Waals surface area contributed by atoms with Gasteiger partial charge in [-0.2, -0.15) is 5.10 Å². The molecule has 3 heterocycles. The molecular formula is C21H22Cl2N4O3. The number of furan rings is 1. The maximum Gasteiger partial charge on any atom is 0.244 e. The number of aromatic nitrogens is 2. The highest BCUT2D eigenvalue weighted by molar-refractivity contribution is 6.33. The Balaban J connectivity index is 1.40. The van der Waals surface area contributed by atoms with Crippen molar-refractivity contribution in [1.29, 1.82) is 0 Å². The lowest BCUT2D eigenvalue weighted by molar-refractivity contribution is -0.132. The highest BCUT2D eigenvalue weighted by Crippen LogP contribution is 2.31. The highest BCUT2D eigenvalue weighted by Gasteiger charge is 2.24. The van der Waals surface area contributed by atoms with Crippen LogP contribution in [0.15, 0.2) is 41.2 Å². The van der Waals surface area contributed by atoms with Crippen molar-refractivity contribution in [3.05, 3.63) is 52.5 Å². The zero-order chi connectivity index (χ0) is 21.3. The zero-order valence-corrected chi connectivity index (χ0v) is 18.3. The molecule has 7 nitrogen and oxygen atoms in total. The van der Waals surface area contributed by atoms with Crippen LogP contribution in [0.5, 0.6) is 5.75 Å². The van der Waals surface area contributed by atoms with Crippen LogP contribution in [0.2, 0.25) is 10.0 Å². The fourth-order valence-electron chi connectivity index (χ4n) is 3.55. The average Bonchev–Trinajstić information content (AvgIpc) is 3.38. The number of benzene rings is 1. The zero-order valence-electron chi connectivity index (χ0n) is 16.8. The third-order valence-electron chi connectivity index (χ3n) is 5.35. The van der Waals surface area contributed by atoms with Crippen molar-refractivity contribution >= 4 is 34.8 Å². The van der Waals surface area contributed by atoms with E-state index in [4.69, 9.17) is 32.4 Å². The van der Waals surface area contributed by atoms with Gasteiger partial charge >= 0.3 is 0 Å². The van der Waals surface area contributed by atoms with Gasteiger partial charge in [-0.05, 0) is 25.1 Å². The van der Waals surface area contributed by atoms with Gasteiger partial charge in [-0.15, -0.1) is 0 Å².